The van der Waals surface area contributed by atoms with Gasteiger partial charge in [0.15, 0.2) is 5.82 Å². The summed E-state index contributed by atoms with van der Waals surface area (Å²) in [5.41, 5.74) is 5.46. The molecule has 4 N–H and O–H groups in total. The molecule has 0 bridgehead atoms. The van der Waals surface area contributed by atoms with Crippen LogP contribution >= 0.6 is 11.8 Å². The highest BCUT2D eigenvalue weighted by Crippen LogP contribution is 2.21. The third-order valence-corrected chi connectivity index (χ3v) is 2.91. The lowest BCUT2D eigenvalue weighted by Gasteiger charge is -2.01. The molecule has 0 radical (unpaired) electrons. The quantitative estimate of drug-likeness (QED) is 0.593. The number of hydrogen-bond donors (Lipinski definition) is 2. The normalized spacial score (nSPS) is 10.4. The summed E-state index contributed by atoms with van der Waals surface area (Å²) in [6, 6.07) is 10.0. The monoisotopic (exact) mass is 221 g/mol. The molecule has 15 heavy (non-hydrogen) atoms. The van der Waals surface area contributed by atoms with E-state index >= 15 is 0 Å². The fourth-order valence-electron chi connectivity index (χ4n) is 1.10. The maximum absolute atomic E-state index is 5.62. The molecule has 1 aromatic heterocycles. The first kappa shape index (κ1) is 9.85. The average Bonchev–Trinajstić information content (AvgIpc) is 2.59. The molecule has 0 aliphatic carbocycles. The minimum Gasteiger partial charge on any atom is -0.366 e. The van der Waals surface area contributed by atoms with E-state index in [-0.39, 0.29) is 5.95 Å². The van der Waals surface area contributed by atoms with Crippen molar-refractivity contribution >= 4 is 17.7 Å². The summed E-state index contributed by atoms with van der Waals surface area (Å²) in [5.74, 6) is 7.18. The Labute approximate surface area is 91.5 Å². The number of hydrogen-bond acceptors (Lipinski definition) is 5. The van der Waals surface area contributed by atoms with Crippen LogP contribution in [0.4, 0.5) is 5.95 Å². The molecule has 0 fully saturated rings. The molecule has 0 amide bonds. The third-order valence-electron chi connectivity index (χ3n) is 1.90. The molecule has 1 heterocycles. The second-order valence-electron chi connectivity index (χ2n) is 2.95. The van der Waals surface area contributed by atoms with Gasteiger partial charge in [0.1, 0.15) is 0 Å². The predicted octanol–water partition coefficient (Wildman–Crippen LogP) is 0.866. The Morgan fingerprint density at radius 3 is 2.53 bits per heavy atom. The minimum absolute atomic E-state index is 0.235. The number of anilines is 1. The van der Waals surface area contributed by atoms with Crippen molar-refractivity contribution in [3.8, 4) is 0 Å². The Morgan fingerprint density at radius 1 is 1.20 bits per heavy atom. The van der Waals surface area contributed by atoms with Crippen molar-refractivity contribution in [1.29, 1.82) is 0 Å². The van der Waals surface area contributed by atoms with Gasteiger partial charge < -0.3 is 11.6 Å². The lowest BCUT2D eigenvalue weighted by Crippen LogP contribution is -2.14. The number of nitrogens with two attached hydrogens (primary N) is 2. The van der Waals surface area contributed by atoms with Gasteiger partial charge in [-0.2, -0.15) is 0 Å². The number of thioether (sulfide) groups is 1. The predicted molar refractivity (Wildman–Crippen MR) is 60.6 cm³/mol. The van der Waals surface area contributed by atoms with E-state index < -0.39 is 0 Å². The minimum atomic E-state index is 0.235. The van der Waals surface area contributed by atoms with Crippen LogP contribution in [-0.4, -0.2) is 14.9 Å². The van der Waals surface area contributed by atoms with Crippen molar-refractivity contribution in [3.63, 3.8) is 0 Å². The molecule has 2 rings (SSSR count). The van der Waals surface area contributed by atoms with Crippen LogP contribution in [0.25, 0.3) is 0 Å². The molecule has 0 spiro atoms. The topological polar surface area (TPSA) is 82.8 Å². The maximum Gasteiger partial charge on any atom is 0.240 e. The summed E-state index contributed by atoms with van der Waals surface area (Å²) < 4.78 is 1.30. The molecule has 78 valence electrons. The van der Waals surface area contributed by atoms with Gasteiger partial charge in [0.05, 0.1) is 5.75 Å². The van der Waals surface area contributed by atoms with Gasteiger partial charge in [-0.15, -0.1) is 22.0 Å². The zero-order valence-electron chi connectivity index (χ0n) is 8.00. The second-order valence-corrected chi connectivity index (χ2v) is 3.99. The lowest BCUT2D eigenvalue weighted by molar-refractivity contribution is 0.920. The molecule has 6 heteroatoms. The van der Waals surface area contributed by atoms with Crippen LogP contribution < -0.4 is 11.6 Å². The molecular formula is C9H11N5S. The van der Waals surface area contributed by atoms with Crippen LogP contribution in [-0.2, 0) is 5.75 Å². The number of benzene rings is 1. The molecule has 5 nitrogen and oxygen atoms in total. The zero-order chi connectivity index (χ0) is 10.7. The van der Waals surface area contributed by atoms with Gasteiger partial charge in [-0.1, -0.05) is 18.2 Å². The van der Waals surface area contributed by atoms with Crippen LogP contribution in [0.2, 0.25) is 0 Å². The highest BCUT2D eigenvalue weighted by Gasteiger charge is 2.06. The summed E-state index contributed by atoms with van der Waals surface area (Å²) >= 11 is 1.64. The highest BCUT2D eigenvalue weighted by atomic mass is 32.2. The van der Waals surface area contributed by atoms with Crippen LogP contribution in [0.5, 0.6) is 0 Å². The van der Waals surface area contributed by atoms with Crippen molar-refractivity contribution in [3.05, 3.63) is 36.2 Å². The smallest absolute Gasteiger partial charge is 0.240 e. The number of rotatable bonds is 3. The van der Waals surface area contributed by atoms with E-state index in [9.17, 15) is 0 Å². The van der Waals surface area contributed by atoms with E-state index in [2.05, 4.69) is 10.2 Å². The van der Waals surface area contributed by atoms with Crippen molar-refractivity contribution in [2.75, 3.05) is 11.6 Å². The van der Waals surface area contributed by atoms with E-state index in [0.717, 1.165) is 0 Å². The summed E-state index contributed by atoms with van der Waals surface area (Å²) in [6.45, 7) is 0. The Bertz CT molecular complexity index is 439. The van der Waals surface area contributed by atoms with Gasteiger partial charge in [0, 0.05) is 4.90 Å². The van der Waals surface area contributed by atoms with E-state index in [0.29, 0.717) is 11.6 Å². The van der Waals surface area contributed by atoms with E-state index in [4.69, 9.17) is 11.6 Å². The average molecular weight is 221 g/mol. The first-order valence-corrected chi connectivity index (χ1v) is 5.38. The van der Waals surface area contributed by atoms with Gasteiger partial charge in [0.25, 0.3) is 0 Å². The van der Waals surface area contributed by atoms with Crippen LogP contribution in [0.1, 0.15) is 5.82 Å². The van der Waals surface area contributed by atoms with Gasteiger partial charge in [-0.3, -0.25) is 0 Å². The summed E-state index contributed by atoms with van der Waals surface area (Å²) in [5, 5.41) is 7.55. The first-order valence-electron chi connectivity index (χ1n) is 4.40. The first-order chi connectivity index (χ1) is 7.27. The molecule has 1 aromatic carbocycles. The van der Waals surface area contributed by atoms with E-state index in [1.54, 1.807) is 11.8 Å². The molecule has 0 aliphatic heterocycles. The van der Waals surface area contributed by atoms with Crippen LogP contribution in [0, 0.1) is 0 Å². The number of aromatic nitrogens is 3. The molecular weight excluding hydrogens is 210 g/mol. The summed E-state index contributed by atoms with van der Waals surface area (Å²) in [6.07, 6.45) is 0. The molecule has 0 saturated heterocycles. The molecule has 2 aromatic rings. The largest absolute Gasteiger partial charge is 0.366 e. The van der Waals surface area contributed by atoms with Crippen LogP contribution in [0.15, 0.2) is 35.2 Å². The van der Waals surface area contributed by atoms with E-state index in [1.165, 1.54) is 9.57 Å². The van der Waals surface area contributed by atoms with Crippen molar-refractivity contribution < 1.29 is 0 Å². The SMILES string of the molecule is Nc1nnc(CSc2ccccc2)n1N. The van der Waals surface area contributed by atoms with Crippen LogP contribution in [0.3, 0.4) is 0 Å². The van der Waals surface area contributed by atoms with Gasteiger partial charge in [-0.25, -0.2) is 4.68 Å². The van der Waals surface area contributed by atoms with E-state index in [1.807, 2.05) is 30.3 Å². The maximum atomic E-state index is 5.62. The van der Waals surface area contributed by atoms with Crippen molar-refractivity contribution in [2.24, 2.45) is 0 Å². The number of nitrogens with zero attached hydrogens (tertiary/aromatic N) is 3. The Hall–Kier alpha value is -1.69. The summed E-state index contributed by atoms with van der Waals surface area (Å²) in [7, 11) is 0. The molecule has 0 saturated carbocycles. The summed E-state index contributed by atoms with van der Waals surface area (Å²) in [4.78, 5) is 1.17. The molecule has 0 unspecified atom stereocenters. The fourth-order valence-corrected chi connectivity index (χ4v) is 1.94. The second kappa shape index (κ2) is 4.22. The standard InChI is InChI=1S/C9H11N5S/c10-9-13-12-8(14(9)11)6-15-7-4-2-1-3-5-7/h1-5H,6,11H2,(H2,10,13). The van der Waals surface area contributed by atoms with Gasteiger partial charge in [0.2, 0.25) is 5.95 Å². The molecule has 0 aliphatic rings. The van der Waals surface area contributed by atoms with Crippen molar-refractivity contribution in [1.82, 2.24) is 14.9 Å². The zero-order valence-corrected chi connectivity index (χ0v) is 8.81. The third kappa shape index (κ3) is 2.21. The lowest BCUT2D eigenvalue weighted by atomic mass is 10.4. The fraction of sp³-hybridized carbons (Fsp3) is 0.111. The van der Waals surface area contributed by atoms with Gasteiger partial charge >= 0.3 is 0 Å². The highest BCUT2D eigenvalue weighted by molar-refractivity contribution is 7.98. The Balaban J connectivity index is 2.02. The van der Waals surface area contributed by atoms with Gasteiger partial charge in [-0.05, 0) is 12.1 Å². The Morgan fingerprint density at radius 2 is 1.93 bits per heavy atom. The van der Waals surface area contributed by atoms with Crippen molar-refractivity contribution in [2.45, 2.75) is 10.6 Å². The Kier molecular flexibility index (Phi) is 2.77. The molecule has 0 atom stereocenters. The number of nitrogen functional groups attached to an aromatic ring is 2.